The van der Waals surface area contributed by atoms with Gasteiger partial charge in [-0.15, -0.1) is 11.6 Å². The van der Waals surface area contributed by atoms with E-state index in [4.69, 9.17) is 16.6 Å². The molecule has 0 unspecified atom stereocenters. The summed E-state index contributed by atoms with van der Waals surface area (Å²) in [5.74, 6) is 1.73. The molecule has 0 bridgehead atoms. The van der Waals surface area contributed by atoms with Gasteiger partial charge in [0.15, 0.2) is 0 Å². The number of pyridine rings is 1. The number of hydrogen-bond acceptors (Lipinski definition) is 5. The third-order valence-corrected chi connectivity index (χ3v) is 5.87. The number of alkyl halides is 1. The minimum atomic E-state index is 0.213. The summed E-state index contributed by atoms with van der Waals surface area (Å²) < 4.78 is 2.13. The van der Waals surface area contributed by atoms with E-state index in [9.17, 15) is 5.11 Å². The largest absolute Gasteiger partial charge is 0.506 e. The van der Waals surface area contributed by atoms with E-state index in [2.05, 4.69) is 38.8 Å². The van der Waals surface area contributed by atoms with E-state index in [1.807, 2.05) is 19.1 Å². The maximum atomic E-state index is 10.3. The van der Waals surface area contributed by atoms with Crippen molar-refractivity contribution in [1.82, 2.24) is 19.4 Å². The molecule has 3 aromatic rings. The number of benzene rings is 1. The topological polar surface area (TPSA) is 66.2 Å². The summed E-state index contributed by atoms with van der Waals surface area (Å²) in [6, 6.07) is 10.1. The number of nitrogens with zero attached hydrogens (tertiary/aromatic N) is 4. The molecular formula is C22H28ClN5O. The molecule has 4 rings (SSSR count). The Morgan fingerprint density at radius 3 is 2.69 bits per heavy atom. The number of anilines is 1. The highest BCUT2D eigenvalue weighted by molar-refractivity contribution is 6.18. The number of hydrogen-bond donors (Lipinski definition) is 2. The molecule has 1 aliphatic rings. The van der Waals surface area contributed by atoms with E-state index in [1.54, 1.807) is 6.07 Å². The van der Waals surface area contributed by atoms with Crippen molar-refractivity contribution in [2.45, 2.75) is 39.3 Å². The summed E-state index contributed by atoms with van der Waals surface area (Å²) >= 11 is 5.89. The predicted octanol–water partition coefficient (Wildman–Crippen LogP) is 3.92. The van der Waals surface area contributed by atoms with Crippen LogP contribution in [0.4, 0.5) is 5.95 Å². The van der Waals surface area contributed by atoms with Crippen molar-refractivity contribution in [1.29, 1.82) is 0 Å². The first-order valence-corrected chi connectivity index (χ1v) is 10.7. The van der Waals surface area contributed by atoms with E-state index < -0.39 is 0 Å². The molecule has 1 aliphatic heterocycles. The van der Waals surface area contributed by atoms with Crippen LogP contribution in [0.5, 0.6) is 5.75 Å². The van der Waals surface area contributed by atoms with Crippen LogP contribution in [0, 0.1) is 13.8 Å². The minimum Gasteiger partial charge on any atom is -0.506 e. The van der Waals surface area contributed by atoms with Gasteiger partial charge in [0.1, 0.15) is 11.4 Å². The Balaban J connectivity index is 1.64. The van der Waals surface area contributed by atoms with E-state index in [1.165, 1.54) is 0 Å². The fourth-order valence-electron chi connectivity index (χ4n) is 4.03. The number of imidazole rings is 1. The van der Waals surface area contributed by atoms with Gasteiger partial charge in [-0.3, -0.25) is 4.98 Å². The van der Waals surface area contributed by atoms with Gasteiger partial charge in [-0.2, -0.15) is 0 Å². The molecule has 154 valence electrons. The monoisotopic (exact) mass is 413 g/mol. The maximum Gasteiger partial charge on any atom is 0.204 e. The molecule has 0 aliphatic carbocycles. The number of rotatable bonds is 6. The SMILES string of the molecule is Cc1ccc(O)c(Cn2c(NC3CCN(CCCl)CC3)nc3c(C)cccc32)n1. The number of nitrogens with one attached hydrogen (secondary N) is 1. The lowest BCUT2D eigenvalue weighted by Gasteiger charge is -2.32. The average molecular weight is 414 g/mol. The number of aromatic nitrogens is 3. The first-order valence-electron chi connectivity index (χ1n) is 10.2. The highest BCUT2D eigenvalue weighted by Crippen LogP contribution is 2.27. The maximum absolute atomic E-state index is 10.3. The normalized spacial score (nSPS) is 15.8. The van der Waals surface area contributed by atoms with Gasteiger partial charge in [0.2, 0.25) is 5.95 Å². The summed E-state index contributed by atoms with van der Waals surface area (Å²) in [5, 5.41) is 14.0. The molecule has 1 aromatic carbocycles. The first-order chi connectivity index (χ1) is 14.0. The Hall–Kier alpha value is -2.31. The van der Waals surface area contributed by atoms with E-state index >= 15 is 0 Å². The zero-order valence-electron chi connectivity index (χ0n) is 17.0. The van der Waals surface area contributed by atoms with Crippen molar-refractivity contribution in [3.05, 3.63) is 47.3 Å². The average Bonchev–Trinajstić information content (AvgIpc) is 3.05. The molecule has 6 nitrogen and oxygen atoms in total. The van der Waals surface area contributed by atoms with Gasteiger partial charge in [-0.25, -0.2) is 4.98 Å². The number of fused-ring (bicyclic) bond motifs is 1. The molecule has 3 heterocycles. The van der Waals surface area contributed by atoms with Crippen LogP contribution in [0.2, 0.25) is 0 Å². The molecule has 7 heteroatoms. The number of aryl methyl sites for hydroxylation is 2. The Labute approximate surface area is 176 Å². The van der Waals surface area contributed by atoms with Gasteiger partial charge < -0.3 is 19.9 Å². The third kappa shape index (κ3) is 4.33. The summed E-state index contributed by atoms with van der Waals surface area (Å²) in [4.78, 5) is 11.9. The van der Waals surface area contributed by atoms with Crippen molar-refractivity contribution in [3.63, 3.8) is 0 Å². The number of halogens is 1. The highest BCUT2D eigenvalue weighted by Gasteiger charge is 2.22. The van der Waals surface area contributed by atoms with Gasteiger partial charge in [0.05, 0.1) is 17.6 Å². The summed E-state index contributed by atoms with van der Waals surface area (Å²) in [5.41, 5.74) is 4.73. The van der Waals surface area contributed by atoms with Gasteiger partial charge in [0, 0.05) is 37.3 Å². The lowest BCUT2D eigenvalue weighted by molar-refractivity contribution is 0.230. The minimum absolute atomic E-state index is 0.213. The van der Waals surface area contributed by atoms with Crippen LogP contribution in [0.15, 0.2) is 30.3 Å². The van der Waals surface area contributed by atoms with Crippen molar-refractivity contribution >= 4 is 28.6 Å². The predicted molar refractivity (Wildman–Crippen MR) is 118 cm³/mol. The molecule has 0 spiro atoms. The third-order valence-electron chi connectivity index (χ3n) is 5.70. The molecule has 2 N–H and O–H groups in total. The molecule has 0 atom stereocenters. The zero-order valence-corrected chi connectivity index (χ0v) is 17.8. The second kappa shape index (κ2) is 8.59. The van der Waals surface area contributed by atoms with Gasteiger partial charge in [-0.1, -0.05) is 12.1 Å². The van der Waals surface area contributed by atoms with Crippen LogP contribution in [-0.4, -0.2) is 56.1 Å². The molecule has 0 amide bonds. The van der Waals surface area contributed by atoms with E-state index in [0.29, 0.717) is 24.2 Å². The Kier molecular flexibility index (Phi) is 5.92. The quantitative estimate of drug-likeness (QED) is 0.599. The second-order valence-electron chi connectivity index (χ2n) is 7.83. The first kappa shape index (κ1) is 20.0. The Morgan fingerprint density at radius 2 is 1.93 bits per heavy atom. The van der Waals surface area contributed by atoms with Crippen LogP contribution in [0.25, 0.3) is 11.0 Å². The van der Waals surface area contributed by atoms with Crippen molar-refractivity contribution < 1.29 is 5.11 Å². The van der Waals surface area contributed by atoms with Gasteiger partial charge in [0.25, 0.3) is 0 Å². The fraction of sp³-hybridized carbons (Fsp3) is 0.455. The molecule has 2 aromatic heterocycles. The van der Waals surface area contributed by atoms with E-state index in [-0.39, 0.29) is 5.75 Å². The number of para-hydroxylation sites is 1. The fourth-order valence-corrected chi connectivity index (χ4v) is 4.27. The molecule has 29 heavy (non-hydrogen) atoms. The summed E-state index contributed by atoms with van der Waals surface area (Å²) in [6.45, 7) is 7.53. The highest BCUT2D eigenvalue weighted by atomic mass is 35.5. The zero-order chi connectivity index (χ0) is 20.4. The van der Waals surface area contributed by atoms with Crippen LogP contribution in [0.1, 0.15) is 29.8 Å². The number of likely N-dealkylation sites (tertiary alicyclic amines) is 1. The smallest absolute Gasteiger partial charge is 0.204 e. The lowest BCUT2D eigenvalue weighted by atomic mass is 10.1. The van der Waals surface area contributed by atoms with Crippen molar-refractivity contribution in [2.75, 3.05) is 30.8 Å². The summed E-state index contributed by atoms with van der Waals surface area (Å²) in [6.07, 6.45) is 2.13. The molecule has 0 radical (unpaired) electrons. The van der Waals surface area contributed by atoms with Crippen LogP contribution in [-0.2, 0) is 6.54 Å². The Morgan fingerprint density at radius 1 is 1.14 bits per heavy atom. The molecule has 1 saturated heterocycles. The number of piperidine rings is 1. The lowest BCUT2D eigenvalue weighted by Crippen LogP contribution is -2.40. The molecule has 0 saturated carbocycles. The second-order valence-corrected chi connectivity index (χ2v) is 8.21. The van der Waals surface area contributed by atoms with Gasteiger partial charge >= 0.3 is 0 Å². The summed E-state index contributed by atoms with van der Waals surface area (Å²) in [7, 11) is 0. The Bertz CT molecular complexity index is 994. The van der Waals surface area contributed by atoms with Crippen LogP contribution < -0.4 is 5.32 Å². The van der Waals surface area contributed by atoms with Gasteiger partial charge in [-0.05, 0) is 50.5 Å². The molecule has 1 fully saturated rings. The molecular weight excluding hydrogens is 386 g/mol. The van der Waals surface area contributed by atoms with Crippen molar-refractivity contribution in [3.8, 4) is 5.75 Å². The number of aromatic hydroxyl groups is 1. The van der Waals surface area contributed by atoms with Crippen LogP contribution in [0.3, 0.4) is 0 Å². The van der Waals surface area contributed by atoms with Crippen LogP contribution >= 0.6 is 11.6 Å². The van der Waals surface area contributed by atoms with Crippen molar-refractivity contribution in [2.24, 2.45) is 0 Å². The standard InChI is InChI=1S/C22H28ClN5O/c1-15-4-3-5-19-21(15)26-22(25-17-8-11-27(12-9-17)13-10-23)28(19)14-18-20(29)7-6-16(2)24-18/h3-7,17,29H,8-14H2,1-2H3,(H,25,26). The van der Waals surface area contributed by atoms with E-state index in [0.717, 1.165) is 60.7 Å².